The molecule has 0 saturated carbocycles. The molecule has 186 valence electrons. The Hall–Kier alpha value is -2.87. The van der Waals surface area contributed by atoms with Crippen LogP contribution in [0.3, 0.4) is 0 Å². The van der Waals surface area contributed by atoms with E-state index < -0.39 is 45.5 Å². The van der Waals surface area contributed by atoms with Crippen molar-refractivity contribution in [2.75, 3.05) is 26.0 Å². The van der Waals surface area contributed by atoms with E-state index in [-0.39, 0.29) is 23.7 Å². The van der Waals surface area contributed by atoms with Crippen molar-refractivity contribution in [2.24, 2.45) is 10.9 Å². The molecule has 0 bridgehead atoms. The zero-order chi connectivity index (χ0) is 25.3. The minimum absolute atomic E-state index is 0.0482. The normalized spacial score (nSPS) is 20.9. The Labute approximate surface area is 209 Å². The third-order valence-corrected chi connectivity index (χ3v) is 8.47. The Morgan fingerprint density at radius 2 is 2.17 bits per heavy atom. The molecule has 1 unspecified atom stereocenters. The van der Waals surface area contributed by atoms with Crippen LogP contribution in [0.2, 0.25) is 5.02 Å². The number of aliphatic carboxylic acids is 1. The highest BCUT2D eigenvalue weighted by atomic mass is 35.5. The van der Waals surface area contributed by atoms with Gasteiger partial charge in [0, 0.05) is 46.9 Å². The molecule has 1 aromatic carbocycles. The van der Waals surface area contributed by atoms with Gasteiger partial charge in [0.15, 0.2) is 16.6 Å². The van der Waals surface area contributed by atoms with E-state index in [2.05, 4.69) is 15.3 Å². The molecule has 2 aliphatic rings. The zero-order valence-electron chi connectivity index (χ0n) is 18.3. The van der Waals surface area contributed by atoms with Crippen LogP contribution in [0.4, 0.5) is 4.39 Å². The molecule has 1 saturated heterocycles. The van der Waals surface area contributed by atoms with Crippen LogP contribution in [0.25, 0.3) is 0 Å². The molecule has 2 atom stereocenters. The van der Waals surface area contributed by atoms with E-state index in [1.54, 1.807) is 11.6 Å². The number of hydrogen-bond donors (Lipinski definition) is 2. The maximum Gasteiger partial charge on any atom is 0.338 e. The highest BCUT2D eigenvalue weighted by Gasteiger charge is 2.41. The van der Waals surface area contributed by atoms with Crippen LogP contribution in [0.5, 0.6) is 0 Å². The number of aromatic nitrogens is 1. The molecule has 0 amide bonds. The average molecular weight is 543 g/mol. The van der Waals surface area contributed by atoms with Crippen molar-refractivity contribution in [3.05, 3.63) is 62.5 Å². The maximum absolute atomic E-state index is 13.8. The number of ether oxygens (including phenoxy) is 1. The molecule has 4 rings (SSSR count). The maximum atomic E-state index is 13.8. The number of amidine groups is 1. The van der Waals surface area contributed by atoms with Gasteiger partial charge in [0.2, 0.25) is 10.0 Å². The molecule has 2 aliphatic heterocycles. The number of benzene rings is 1. The number of rotatable bonds is 7. The second kappa shape index (κ2) is 10.0. The lowest BCUT2D eigenvalue weighted by Gasteiger charge is -2.30. The van der Waals surface area contributed by atoms with Gasteiger partial charge in [-0.25, -0.2) is 26.9 Å². The number of carboxylic acid groups (broad SMARTS) is 1. The summed E-state index contributed by atoms with van der Waals surface area (Å²) in [6, 6.07) is 2.76. The lowest BCUT2D eigenvalue weighted by atomic mass is 9.90. The number of carbonyl (C=O) groups excluding carboxylic acids is 1. The molecule has 0 spiro atoms. The number of halogens is 2. The van der Waals surface area contributed by atoms with Gasteiger partial charge in [-0.1, -0.05) is 17.7 Å². The van der Waals surface area contributed by atoms with Gasteiger partial charge < -0.3 is 15.2 Å². The van der Waals surface area contributed by atoms with E-state index in [1.807, 2.05) is 0 Å². The standard InChI is InChI=1S/C21H20ClFN4O6S2/c1-33-21(30)16-17(11-4-6-27(9-11)35(31,32)10-15(28)29)25-19(20-24-5-7-34-20)26-18(16)13-3-2-12(23)8-14(13)22/h2-3,5,7-8,11,18H,4,6,9-10H2,1H3,(H,25,26)(H,28,29)/t11-,18?/m1/s1. The number of thiazole rings is 1. The van der Waals surface area contributed by atoms with Gasteiger partial charge in [-0.15, -0.1) is 11.3 Å². The van der Waals surface area contributed by atoms with Gasteiger partial charge in [0.1, 0.15) is 11.9 Å². The SMILES string of the molecule is COC(=O)C1=C([C@@H]2CCN(S(=O)(=O)CC(=O)O)C2)NC(c2nccs2)=NC1c1ccc(F)cc1Cl. The number of sulfonamides is 1. The highest BCUT2D eigenvalue weighted by molar-refractivity contribution is 7.89. The zero-order valence-corrected chi connectivity index (χ0v) is 20.7. The number of methoxy groups -OCH3 is 1. The summed E-state index contributed by atoms with van der Waals surface area (Å²) in [4.78, 5) is 32.9. The monoisotopic (exact) mass is 542 g/mol. The topological polar surface area (TPSA) is 138 Å². The molecule has 2 aromatic rings. The van der Waals surface area contributed by atoms with E-state index in [0.29, 0.717) is 28.5 Å². The van der Waals surface area contributed by atoms with Gasteiger partial charge in [-0.05, 0) is 18.6 Å². The van der Waals surface area contributed by atoms with E-state index >= 15 is 0 Å². The summed E-state index contributed by atoms with van der Waals surface area (Å²) >= 11 is 7.62. The number of aliphatic imine (C=N–C) groups is 1. The molecular formula is C21H20ClFN4O6S2. The molecule has 0 radical (unpaired) electrons. The van der Waals surface area contributed by atoms with E-state index in [4.69, 9.17) is 21.4 Å². The van der Waals surface area contributed by atoms with Gasteiger partial charge in [0.05, 0.1) is 12.7 Å². The molecule has 3 heterocycles. The van der Waals surface area contributed by atoms with Crippen LogP contribution in [-0.2, 0) is 24.3 Å². The first-order chi connectivity index (χ1) is 16.6. The smallest absolute Gasteiger partial charge is 0.338 e. The number of carboxylic acids is 1. The third-order valence-electron chi connectivity index (χ3n) is 5.63. The first kappa shape index (κ1) is 25.2. The fourth-order valence-electron chi connectivity index (χ4n) is 4.08. The van der Waals surface area contributed by atoms with E-state index in [9.17, 15) is 22.4 Å². The van der Waals surface area contributed by atoms with Gasteiger partial charge in [-0.3, -0.25) is 9.79 Å². The number of nitrogens with one attached hydrogen (secondary N) is 1. The summed E-state index contributed by atoms with van der Waals surface area (Å²) in [5.74, 6) is -3.93. The first-order valence-electron chi connectivity index (χ1n) is 10.3. The number of hydrogen-bond acceptors (Lipinski definition) is 9. The Morgan fingerprint density at radius 1 is 1.40 bits per heavy atom. The van der Waals surface area contributed by atoms with Crippen molar-refractivity contribution in [1.29, 1.82) is 0 Å². The summed E-state index contributed by atoms with van der Waals surface area (Å²) in [6.45, 7) is 0.0269. The number of carbonyl (C=O) groups is 2. The van der Waals surface area contributed by atoms with Crippen LogP contribution in [0.15, 0.2) is 46.0 Å². The predicted octanol–water partition coefficient (Wildman–Crippen LogP) is 2.19. The largest absolute Gasteiger partial charge is 0.480 e. The Kier molecular flexibility index (Phi) is 7.22. The average Bonchev–Trinajstić information content (AvgIpc) is 3.50. The fourth-order valence-corrected chi connectivity index (χ4v) is 6.23. The lowest BCUT2D eigenvalue weighted by Crippen LogP contribution is -2.38. The molecule has 10 nitrogen and oxygen atoms in total. The fraction of sp³-hybridized carbons (Fsp3) is 0.333. The number of esters is 1. The minimum Gasteiger partial charge on any atom is -0.480 e. The van der Waals surface area contributed by atoms with Crippen LogP contribution in [0, 0.1) is 11.7 Å². The Bertz CT molecular complexity index is 1330. The summed E-state index contributed by atoms with van der Waals surface area (Å²) in [5.41, 5.74) is 0.828. The van der Waals surface area contributed by atoms with Crippen LogP contribution in [0.1, 0.15) is 23.0 Å². The summed E-state index contributed by atoms with van der Waals surface area (Å²) in [5, 5.41) is 14.4. The molecule has 2 N–H and O–H groups in total. The van der Waals surface area contributed by atoms with Crippen molar-refractivity contribution in [2.45, 2.75) is 12.5 Å². The van der Waals surface area contributed by atoms with E-state index in [1.165, 1.54) is 30.6 Å². The molecule has 14 heteroatoms. The quantitative estimate of drug-likeness (QED) is 0.508. The number of nitrogens with zero attached hydrogens (tertiary/aromatic N) is 3. The van der Waals surface area contributed by atoms with Crippen molar-refractivity contribution in [1.82, 2.24) is 14.6 Å². The summed E-state index contributed by atoms with van der Waals surface area (Å²) in [6.07, 6.45) is 1.90. The molecular weight excluding hydrogens is 523 g/mol. The van der Waals surface area contributed by atoms with Crippen LogP contribution in [-0.4, -0.2) is 66.5 Å². The van der Waals surface area contributed by atoms with Gasteiger partial charge in [0.25, 0.3) is 0 Å². The molecule has 0 aliphatic carbocycles. The van der Waals surface area contributed by atoms with Crippen molar-refractivity contribution in [3.8, 4) is 0 Å². The third kappa shape index (κ3) is 5.22. The van der Waals surface area contributed by atoms with Crippen LogP contribution < -0.4 is 5.32 Å². The van der Waals surface area contributed by atoms with Crippen molar-refractivity contribution < 1.29 is 32.2 Å². The summed E-state index contributed by atoms with van der Waals surface area (Å²) < 4.78 is 44.8. The molecule has 35 heavy (non-hydrogen) atoms. The second-order valence-electron chi connectivity index (χ2n) is 7.82. The molecule has 1 fully saturated rings. The Balaban J connectivity index is 1.81. The lowest BCUT2D eigenvalue weighted by molar-refractivity contribution is -0.136. The highest BCUT2D eigenvalue weighted by Crippen LogP contribution is 2.40. The second-order valence-corrected chi connectivity index (χ2v) is 11.1. The first-order valence-corrected chi connectivity index (χ1v) is 13.2. The van der Waals surface area contributed by atoms with Crippen molar-refractivity contribution in [3.63, 3.8) is 0 Å². The van der Waals surface area contributed by atoms with Gasteiger partial charge in [-0.2, -0.15) is 0 Å². The van der Waals surface area contributed by atoms with Crippen molar-refractivity contribution >= 4 is 50.7 Å². The minimum atomic E-state index is -4.04. The van der Waals surface area contributed by atoms with Crippen LogP contribution >= 0.6 is 22.9 Å². The van der Waals surface area contributed by atoms with E-state index in [0.717, 1.165) is 10.4 Å². The summed E-state index contributed by atoms with van der Waals surface area (Å²) in [7, 11) is -2.84. The Morgan fingerprint density at radius 3 is 2.80 bits per heavy atom. The molecule has 1 aromatic heterocycles. The van der Waals surface area contributed by atoms with Gasteiger partial charge >= 0.3 is 11.9 Å². The predicted molar refractivity (Wildman–Crippen MR) is 126 cm³/mol.